The molecule has 1 amide bonds. The molecule has 0 spiro atoms. The molecule has 1 aliphatic rings. The van der Waals surface area contributed by atoms with E-state index in [4.69, 9.17) is 4.42 Å². The second kappa shape index (κ2) is 7.46. The number of nitro benzene ring substituents is 1. The molecule has 0 radical (unpaired) electrons. The highest BCUT2D eigenvalue weighted by atomic mass is 19.1. The van der Waals surface area contributed by atoms with Gasteiger partial charge in [0.25, 0.3) is 5.69 Å². The minimum absolute atomic E-state index is 0.0126. The van der Waals surface area contributed by atoms with Crippen molar-refractivity contribution < 1.29 is 18.5 Å². The Hall–Kier alpha value is -3.55. The zero-order valence-electron chi connectivity index (χ0n) is 15.7. The van der Waals surface area contributed by atoms with Crippen molar-refractivity contribution in [1.29, 1.82) is 0 Å². The number of hydrogen-bond acceptors (Lipinski definition) is 5. The SMILES string of the molecule is Cc1oc(-c2ccc(F)cc2)nc1CC(=O)N1CCCc2ccc([N+](=O)[O-])cc21. The molecule has 0 aliphatic carbocycles. The molecule has 0 saturated heterocycles. The summed E-state index contributed by atoms with van der Waals surface area (Å²) in [4.78, 5) is 29.6. The Bertz CT molecular complexity index is 1090. The van der Waals surface area contributed by atoms with Gasteiger partial charge in [-0.2, -0.15) is 0 Å². The highest BCUT2D eigenvalue weighted by molar-refractivity contribution is 5.96. The number of aromatic nitrogens is 1. The number of halogens is 1. The lowest BCUT2D eigenvalue weighted by atomic mass is 10.0. The summed E-state index contributed by atoms with van der Waals surface area (Å²) < 4.78 is 18.8. The summed E-state index contributed by atoms with van der Waals surface area (Å²) in [6, 6.07) is 10.4. The highest BCUT2D eigenvalue weighted by Crippen LogP contribution is 2.32. The fourth-order valence-electron chi connectivity index (χ4n) is 3.48. The first kappa shape index (κ1) is 18.8. The van der Waals surface area contributed by atoms with Gasteiger partial charge in [-0.25, -0.2) is 9.37 Å². The van der Waals surface area contributed by atoms with E-state index in [-0.39, 0.29) is 23.8 Å². The molecule has 148 valence electrons. The third-order valence-electron chi connectivity index (χ3n) is 5.00. The van der Waals surface area contributed by atoms with E-state index in [9.17, 15) is 19.3 Å². The molecule has 3 aromatic rings. The maximum Gasteiger partial charge on any atom is 0.271 e. The van der Waals surface area contributed by atoms with Crippen LogP contribution in [0.1, 0.15) is 23.4 Å². The molecule has 1 aromatic heterocycles. The molecule has 0 bridgehead atoms. The van der Waals surface area contributed by atoms with Crippen LogP contribution in [0.5, 0.6) is 0 Å². The minimum Gasteiger partial charge on any atom is -0.441 e. The Morgan fingerprint density at radius 3 is 2.76 bits per heavy atom. The molecule has 0 unspecified atom stereocenters. The van der Waals surface area contributed by atoms with Crippen molar-refractivity contribution in [3.05, 3.63) is 75.4 Å². The van der Waals surface area contributed by atoms with Crippen LogP contribution in [0, 0.1) is 22.9 Å². The molecule has 0 fully saturated rings. The molecular formula is C21H18FN3O4. The number of nitrogens with zero attached hydrogens (tertiary/aromatic N) is 3. The van der Waals surface area contributed by atoms with Crippen molar-refractivity contribution in [1.82, 2.24) is 4.98 Å². The number of nitro groups is 1. The van der Waals surface area contributed by atoms with Crippen LogP contribution in [0.15, 0.2) is 46.9 Å². The van der Waals surface area contributed by atoms with Crippen molar-refractivity contribution in [2.24, 2.45) is 0 Å². The summed E-state index contributed by atoms with van der Waals surface area (Å²) in [7, 11) is 0. The van der Waals surface area contributed by atoms with Crippen LogP contribution >= 0.6 is 0 Å². The van der Waals surface area contributed by atoms with E-state index in [0.29, 0.717) is 35.1 Å². The zero-order valence-corrected chi connectivity index (χ0v) is 15.7. The van der Waals surface area contributed by atoms with Gasteiger partial charge in [0.05, 0.1) is 22.7 Å². The van der Waals surface area contributed by atoms with E-state index in [2.05, 4.69) is 4.98 Å². The van der Waals surface area contributed by atoms with Gasteiger partial charge in [0.1, 0.15) is 11.6 Å². The third-order valence-corrected chi connectivity index (χ3v) is 5.00. The lowest BCUT2D eigenvalue weighted by Crippen LogP contribution is -2.36. The molecule has 4 rings (SSSR count). The van der Waals surface area contributed by atoms with Gasteiger partial charge in [-0.3, -0.25) is 14.9 Å². The van der Waals surface area contributed by atoms with Gasteiger partial charge in [-0.05, 0) is 49.6 Å². The van der Waals surface area contributed by atoms with Crippen LogP contribution in [0.4, 0.5) is 15.8 Å². The molecule has 0 atom stereocenters. The van der Waals surface area contributed by atoms with Crippen LogP contribution < -0.4 is 4.90 Å². The van der Waals surface area contributed by atoms with Gasteiger partial charge < -0.3 is 9.32 Å². The number of amides is 1. The van der Waals surface area contributed by atoms with Gasteiger partial charge in [0.2, 0.25) is 11.8 Å². The summed E-state index contributed by atoms with van der Waals surface area (Å²) in [5.74, 6) is 0.271. The summed E-state index contributed by atoms with van der Waals surface area (Å²) >= 11 is 0. The summed E-state index contributed by atoms with van der Waals surface area (Å²) in [5.41, 5.74) is 2.56. The number of hydrogen-bond donors (Lipinski definition) is 0. The van der Waals surface area contributed by atoms with Gasteiger partial charge in [-0.15, -0.1) is 0 Å². The predicted octanol–water partition coefficient (Wildman–Crippen LogP) is 4.22. The average molecular weight is 395 g/mol. The summed E-state index contributed by atoms with van der Waals surface area (Å²) in [5, 5.41) is 11.1. The molecule has 1 aliphatic heterocycles. The van der Waals surface area contributed by atoms with E-state index in [1.54, 1.807) is 30.0 Å². The molecule has 8 heteroatoms. The van der Waals surface area contributed by atoms with Crippen LogP contribution in [0.25, 0.3) is 11.5 Å². The first-order valence-electron chi connectivity index (χ1n) is 9.22. The van der Waals surface area contributed by atoms with Crippen molar-refractivity contribution in [2.45, 2.75) is 26.2 Å². The van der Waals surface area contributed by atoms with Crippen molar-refractivity contribution in [3.63, 3.8) is 0 Å². The number of carbonyl (C=O) groups is 1. The maximum absolute atomic E-state index is 13.1. The Morgan fingerprint density at radius 1 is 1.28 bits per heavy atom. The molecule has 0 N–H and O–H groups in total. The Morgan fingerprint density at radius 2 is 2.03 bits per heavy atom. The fourth-order valence-corrected chi connectivity index (χ4v) is 3.48. The predicted molar refractivity (Wildman–Crippen MR) is 104 cm³/mol. The van der Waals surface area contributed by atoms with Gasteiger partial charge in [0, 0.05) is 24.2 Å². The van der Waals surface area contributed by atoms with Crippen molar-refractivity contribution >= 4 is 17.3 Å². The Kier molecular flexibility index (Phi) is 4.84. The lowest BCUT2D eigenvalue weighted by Gasteiger charge is -2.29. The molecule has 0 saturated carbocycles. The average Bonchev–Trinajstić information content (AvgIpc) is 3.07. The van der Waals surface area contributed by atoms with E-state index in [1.165, 1.54) is 24.3 Å². The smallest absolute Gasteiger partial charge is 0.271 e. The van der Waals surface area contributed by atoms with E-state index in [1.807, 2.05) is 0 Å². The first-order chi connectivity index (χ1) is 13.9. The van der Waals surface area contributed by atoms with E-state index in [0.717, 1.165) is 18.4 Å². The molecule has 2 heterocycles. The number of benzene rings is 2. The number of non-ortho nitro benzene ring substituents is 1. The lowest BCUT2D eigenvalue weighted by molar-refractivity contribution is -0.384. The normalized spacial score (nSPS) is 13.2. The molecule has 7 nitrogen and oxygen atoms in total. The Balaban J connectivity index is 1.59. The number of anilines is 1. The standard InChI is InChI=1S/C21H18FN3O4/c1-13-18(23-21(29-13)15-4-7-16(22)8-5-15)12-20(26)24-10-2-3-14-6-9-17(25(27)28)11-19(14)24/h4-9,11H,2-3,10,12H2,1H3. The number of rotatable bonds is 4. The minimum atomic E-state index is -0.464. The number of carbonyl (C=O) groups excluding carboxylic acids is 1. The number of aryl methyl sites for hydroxylation is 2. The number of fused-ring (bicyclic) bond motifs is 1. The van der Waals surface area contributed by atoms with Gasteiger partial charge in [-0.1, -0.05) is 6.07 Å². The van der Waals surface area contributed by atoms with E-state index < -0.39 is 4.92 Å². The van der Waals surface area contributed by atoms with Crippen LogP contribution in [0.2, 0.25) is 0 Å². The molecule has 29 heavy (non-hydrogen) atoms. The molecule has 2 aromatic carbocycles. The quantitative estimate of drug-likeness (QED) is 0.487. The highest BCUT2D eigenvalue weighted by Gasteiger charge is 2.26. The second-order valence-electron chi connectivity index (χ2n) is 6.92. The topological polar surface area (TPSA) is 89.5 Å². The van der Waals surface area contributed by atoms with Crippen LogP contribution in [0.3, 0.4) is 0 Å². The number of oxazole rings is 1. The summed E-state index contributed by atoms with van der Waals surface area (Å²) in [6.45, 7) is 2.21. The third kappa shape index (κ3) is 3.73. The van der Waals surface area contributed by atoms with Crippen molar-refractivity contribution in [3.8, 4) is 11.5 Å². The van der Waals surface area contributed by atoms with Crippen LogP contribution in [-0.2, 0) is 17.6 Å². The maximum atomic E-state index is 13.1. The van der Waals surface area contributed by atoms with Gasteiger partial charge in [0.15, 0.2) is 0 Å². The Labute approximate surface area is 165 Å². The second-order valence-corrected chi connectivity index (χ2v) is 6.92. The van der Waals surface area contributed by atoms with Crippen LogP contribution in [-0.4, -0.2) is 22.4 Å². The van der Waals surface area contributed by atoms with Crippen molar-refractivity contribution in [2.75, 3.05) is 11.4 Å². The van der Waals surface area contributed by atoms with E-state index >= 15 is 0 Å². The zero-order chi connectivity index (χ0) is 20.5. The largest absolute Gasteiger partial charge is 0.441 e. The fraction of sp³-hybridized carbons (Fsp3) is 0.238. The summed E-state index contributed by atoms with van der Waals surface area (Å²) in [6.07, 6.45) is 1.57. The van der Waals surface area contributed by atoms with Gasteiger partial charge >= 0.3 is 0 Å². The monoisotopic (exact) mass is 395 g/mol. The first-order valence-corrected chi connectivity index (χ1v) is 9.22. The molecular weight excluding hydrogens is 377 g/mol.